The number of nitrogens with zero attached hydrogens (tertiary/aromatic N) is 1. The van der Waals surface area contributed by atoms with E-state index in [1.165, 1.54) is 5.56 Å². The highest BCUT2D eigenvalue weighted by Crippen LogP contribution is 2.36. The van der Waals surface area contributed by atoms with Crippen molar-refractivity contribution in [2.75, 3.05) is 13.1 Å². The molecule has 0 radical (unpaired) electrons. The fraction of sp³-hybridized carbons (Fsp3) is 0.250. The highest BCUT2D eigenvalue weighted by molar-refractivity contribution is 5.58. The quantitative estimate of drug-likeness (QED) is 0.823. The third kappa shape index (κ3) is 2.30. The molecule has 0 bridgehead atoms. The Kier molecular flexibility index (Phi) is 3.48. The smallest absolute Gasteiger partial charge is 0.149 e. The molecule has 1 aliphatic rings. The van der Waals surface area contributed by atoms with Crippen molar-refractivity contribution in [2.24, 2.45) is 5.18 Å². The summed E-state index contributed by atoms with van der Waals surface area (Å²) in [5.74, 6) is 0.141. The Hall–Kier alpha value is -2.20. The van der Waals surface area contributed by atoms with Crippen molar-refractivity contribution in [3.63, 3.8) is 0 Å². The maximum Gasteiger partial charge on any atom is 0.149 e. The minimum Gasteiger partial charge on any atom is -0.506 e. The summed E-state index contributed by atoms with van der Waals surface area (Å²) in [6.45, 7) is 1.68. The van der Waals surface area contributed by atoms with Gasteiger partial charge in [0.15, 0.2) is 0 Å². The molecule has 0 aromatic heterocycles. The first kappa shape index (κ1) is 12.8. The highest BCUT2D eigenvalue weighted by Gasteiger charge is 2.22. The van der Waals surface area contributed by atoms with E-state index in [1.54, 1.807) is 12.1 Å². The summed E-state index contributed by atoms with van der Waals surface area (Å²) in [5, 5.41) is 16.1. The number of hydrogen-bond donors (Lipinski definition) is 2. The highest BCUT2D eigenvalue weighted by atomic mass is 16.3. The zero-order chi connectivity index (χ0) is 13.9. The maximum absolute atomic E-state index is 10.8. The molecule has 4 nitrogen and oxygen atoms in total. The number of phenols is 1. The molecule has 102 valence electrons. The van der Waals surface area contributed by atoms with Gasteiger partial charge < -0.3 is 10.4 Å². The molecule has 0 fully saturated rings. The van der Waals surface area contributed by atoms with Gasteiger partial charge in [0.25, 0.3) is 0 Å². The summed E-state index contributed by atoms with van der Waals surface area (Å²) in [4.78, 5) is 10.8. The molecule has 1 aliphatic heterocycles. The van der Waals surface area contributed by atoms with Crippen molar-refractivity contribution in [1.29, 1.82) is 0 Å². The van der Waals surface area contributed by atoms with Gasteiger partial charge in [0.2, 0.25) is 0 Å². The fourth-order valence-corrected chi connectivity index (χ4v) is 2.81. The minimum absolute atomic E-state index is 0.0348. The van der Waals surface area contributed by atoms with Gasteiger partial charge in [-0.3, -0.25) is 0 Å². The summed E-state index contributed by atoms with van der Waals surface area (Å²) in [6, 6.07) is 13.6. The molecular formula is C16H16N2O2. The topological polar surface area (TPSA) is 61.7 Å². The summed E-state index contributed by atoms with van der Waals surface area (Å²) in [5.41, 5.74) is 3.47. The van der Waals surface area contributed by atoms with Crippen LogP contribution in [-0.4, -0.2) is 18.2 Å². The van der Waals surface area contributed by atoms with Gasteiger partial charge in [-0.2, -0.15) is 0 Å². The second-order valence-electron chi connectivity index (χ2n) is 5.05. The van der Waals surface area contributed by atoms with E-state index in [1.807, 2.05) is 18.2 Å². The minimum atomic E-state index is -0.0348. The molecular weight excluding hydrogens is 252 g/mol. The molecule has 0 saturated heterocycles. The first-order valence-electron chi connectivity index (χ1n) is 6.74. The van der Waals surface area contributed by atoms with Crippen molar-refractivity contribution in [3.8, 4) is 5.75 Å². The molecule has 0 saturated carbocycles. The zero-order valence-corrected chi connectivity index (χ0v) is 11.0. The SMILES string of the molecule is O=Nc1cc2c(cc1O)CCNCC2c1ccccc1. The Balaban J connectivity index is 2.13. The van der Waals surface area contributed by atoms with Gasteiger partial charge in [-0.25, -0.2) is 0 Å². The Morgan fingerprint density at radius 2 is 2.00 bits per heavy atom. The maximum atomic E-state index is 10.8. The average Bonchev–Trinajstić information content (AvgIpc) is 2.69. The van der Waals surface area contributed by atoms with E-state index in [0.29, 0.717) is 0 Å². The molecule has 1 heterocycles. The third-order valence-corrected chi connectivity index (χ3v) is 3.83. The number of fused-ring (bicyclic) bond motifs is 1. The number of phenolic OH excluding ortho intramolecular Hbond substituents is 1. The largest absolute Gasteiger partial charge is 0.506 e. The number of nitrogens with one attached hydrogen (secondary N) is 1. The van der Waals surface area contributed by atoms with Crippen LogP contribution in [0, 0.1) is 4.91 Å². The van der Waals surface area contributed by atoms with E-state index >= 15 is 0 Å². The standard InChI is InChI=1S/C16H16N2O2/c19-16-8-12-6-7-17-10-14(11-4-2-1-3-5-11)13(12)9-15(16)18-20/h1-5,8-9,14,17,19H,6-7,10H2. The van der Waals surface area contributed by atoms with Crippen LogP contribution in [0.1, 0.15) is 22.6 Å². The van der Waals surface area contributed by atoms with E-state index in [-0.39, 0.29) is 17.4 Å². The van der Waals surface area contributed by atoms with Crippen molar-refractivity contribution in [1.82, 2.24) is 5.32 Å². The molecule has 3 rings (SSSR count). The predicted molar refractivity (Wildman–Crippen MR) is 78.4 cm³/mol. The monoisotopic (exact) mass is 268 g/mol. The van der Waals surface area contributed by atoms with Crippen molar-refractivity contribution < 1.29 is 5.11 Å². The van der Waals surface area contributed by atoms with Crippen LogP contribution in [0.15, 0.2) is 47.6 Å². The van der Waals surface area contributed by atoms with Crippen LogP contribution in [0.2, 0.25) is 0 Å². The van der Waals surface area contributed by atoms with Crippen LogP contribution in [0.3, 0.4) is 0 Å². The molecule has 0 spiro atoms. The van der Waals surface area contributed by atoms with Gasteiger partial charge in [0, 0.05) is 12.5 Å². The number of benzene rings is 2. The lowest BCUT2D eigenvalue weighted by molar-refractivity contribution is 0.475. The van der Waals surface area contributed by atoms with E-state index in [9.17, 15) is 10.0 Å². The Morgan fingerprint density at radius 1 is 1.20 bits per heavy atom. The summed E-state index contributed by atoms with van der Waals surface area (Å²) in [6.07, 6.45) is 0.839. The lowest BCUT2D eigenvalue weighted by Crippen LogP contribution is -2.20. The van der Waals surface area contributed by atoms with E-state index < -0.39 is 0 Å². The summed E-state index contributed by atoms with van der Waals surface area (Å²) < 4.78 is 0. The third-order valence-electron chi connectivity index (χ3n) is 3.83. The van der Waals surface area contributed by atoms with Crippen LogP contribution in [0.5, 0.6) is 5.75 Å². The lowest BCUT2D eigenvalue weighted by atomic mass is 9.87. The van der Waals surface area contributed by atoms with Crippen molar-refractivity contribution in [2.45, 2.75) is 12.3 Å². The van der Waals surface area contributed by atoms with Gasteiger partial charge in [-0.05, 0) is 47.0 Å². The normalized spacial score (nSPS) is 18.1. The number of rotatable bonds is 2. The molecule has 1 unspecified atom stereocenters. The van der Waals surface area contributed by atoms with E-state index in [2.05, 4.69) is 22.6 Å². The van der Waals surface area contributed by atoms with Crippen LogP contribution in [0.25, 0.3) is 0 Å². The lowest BCUT2D eigenvalue weighted by Gasteiger charge is -2.18. The number of nitroso groups, excluding NO2 is 1. The molecule has 1 atom stereocenters. The van der Waals surface area contributed by atoms with Gasteiger partial charge in [0.05, 0.1) is 0 Å². The molecule has 2 aromatic rings. The molecule has 20 heavy (non-hydrogen) atoms. The second-order valence-corrected chi connectivity index (χ2v) is 5.05. The average molecular weight is 268 g/mol. The molecule has 2 N–H and O–H groups in total. The van der Waals surface area contributed by atoms with Crippen molar-refractivity contribution >= 4 is 5.69 Å². The van der Waals surface area contributed by atoms with Gasteiger partial charge in [-0.1, -0.05) is 30.3 Å². The van der Waals surface area contributed by atoms with Gasteiger partial charge in [0.1, 0.15) is 11.4 Å². The number of hydrogen-bond acceptors (Lipinski definition) is 4. The van der Waals surface area contributed by atoms with E-state index in [4.69, 9.17) is 0 Å². The van der Waals surface area contributed by atoms with Crippen LogP contribution in [0.4, 0.5) is 5.69 Å². The molecule has 2 aromatic carbocycles. The van der Waals surface area contributed by atoms with Gasteiger partial charge in [-0.15, -0.1) is 4.91 Å². The van der Waals surface area contributed by atoms with Crippen LogP contribution >= 0.6 is 0 Å². The molecule has 0 amide bonds. The first-order chi connectivity index (χ1) is 9.79. The first-order valence-corrected chi connectivity index (χ1v) is 6.74. The Morgan fingerprint density at radius 3 is 2.75 bits per heavy atom. The van der Waals surface area contributed by atoms with E-state index in [0.717, 1.165) is 30.6 Å². The predicted octanol–water partition coefficient (Wildman–Crippen LogP) is 3.07. The Bertz CT molecular complexity index is 626. The van der Waals surface area contributed by atoms with Crippen molar-refractivity contribution in [3.05, 3.63) is 64.1 Å². The molecule has 4 heteroatoms. The second kappa shape index (κ2) is 5.43. The van der Waals surface area contributed by atoms with Gasteiger partial charge >= 0.3 is 0 Å². The summed E-state index contributed by atoms with van der Waals surface area (Å²) in [7, 11) is 0. The zero-order valence-electron chi connectivity index (χ0n) is 11.0. The number of aromatic hydroxyl groups is 1. The van der Waals surface area contributed by atoms with Crippen LogP contribution in [-0.2, 0) is 6.42 Å². The molecule has 0 aliphatic carbocycles. The summed E-state index contributed by atoms with van der Waals surface area (Å²) >= 11 is 0. The Labute approximate surface area is 117 Å². The fourth-order valence-electron chi connectivity index (χ4n) is 2.81. The van der Waals surface area contributed by atoms with Crippen LogP contribution < -0.4 is 5.32 Å².